The summed E-state index contributed by atoms with van der Waals surface area (Å²) in [6, 6.07) is 9.06. The van der Waals surface area contributed by atoms with E-state index < -0.39 is 0 Å². The van der Waals surface area contributed by atoms with Crippen LogP contribution < -0.4 is 15.4 Å². The second-order valence-corrected chi connectivity index (χ2v) is 9.14. The van der Waals surface area contributed by atoms with Crippen LogP contribution in [0.15, 0.2) is 29.3 Å². The summed E-state index contributed by atoms with van der Waals surface area (Å²) < 4.78 is 11.6. The summed E-state index contributed by atoms with van der Waals surface area (Å²) in [7, 11) is 3.62. The molecule has 1 aromatic rings. The fourth-order valence-corrected chi connectivity index (χ4v) is 5.58. The minimum atomic E-state index is 0.135. The van der Waals surface area contributed by atoms with Crippen molar-refractivity contribution in [2.24, 2.45) is 16.3 Å². The molecule has 29 heavy (non-hydrogen) atoms. The predicted octanol–water partition coefficient (Wildman–Crippen LogP) is 2.81. The molecule has 1 saturated carbocycles. The molecule has 6 heteroatoms. The normalized spacial score (nSPS) is 29.8. The van der Waals surface area contributed by atoms with E-state index in [1.165, 1.54) is 18.4 Å². The molecule has 160 valence electrons. The summed E-state index contributed by atoms with van der Waals surface area (Å²) in [6.07, 6.45) is 4.04. The van der Waals surface area contributed by atoms with E-state index in [0.717, 1.165) is 44.4 Å². The van der Waals surface area contributed by atoms with Crippen molar-refractivity contribution in [3.05, 3.63) is 29.8 Å². The Kier molecular flexibility index (Phi) is 6.02. The maximum atomic E-state index is 5.94. The van der Waals surface area contributed by atoms with Crippen LogP contribution in [0.4, 0.5) is 0 Å². The number of aliphatic imine (C=N–C) groups is 1. The van der Waals surface area contributed by atoms with Gasteiger partial charge in [0.05, 0.1) is 19.3 Å². The van der Waals surface area contributed by atoms with E-state index in [-0.39, 0.29) is 11.5 Å². The van der Waals surface area contributed by atoms with Gasteiger partial charge in [-0.05, 0) is 38.4 Å². The second kappa shape index (κ2) is 8.52. The fraction of sp³-hybridized carbons (Fsp3) is 0.696. The van der Waals surface area contributed by atoms with Gasteiger partial charge in [0, 0.05) is 43.1 Å². The molecule has 2 saturated heterocycles. The quantitative estimate of drug-likeness (QED) is 0.568. The van der Waals surface area contributed by atoms with Crippen LogP contribution in [-0.4, -0.2) is 63.4 Å². The molecule has 2 heterocycles. The average Bonchev–Trinajstić information content (AvgIpc) is 3.42. The molecular weight excluding hydrogens is 364 g/mol. The van der Waals surface area contributed by atoms with E-state index in [1.807, 2.05) is 13.1 Å². The lowest BCUT2D eigenvalue weighted by atomic mass is 9.57. The molecule has 2 aliphatic heterocycles. The number of para-hydroxylation sites is 1. The van der Waals surface area contributed by atoms with Crippen LogP contribution in [0.2, 0.25) is 0 Å². The van der Waals surface area contributed by atoms with Crippen molar-refractivity contribution in [3.8, 4) is 5.75 Å². The van der Waals surface area contributed by atoms with Gasteiger partial charge in [0.25, 0.3) is 0 Å². The summed E-state index contributed by atoms with van der Waals surface area (Å²) in [6.45, 7) is 8.55. The molecule has 0 aromatic heterocycles. The Labute approximate surface area is 175 Å². The third kappa shape index (κ3) is 3.84. The molecule has 0 radical (unpaired) electrons. The average molecular weight is 401 g/mol. The van der Waals surface area contributed by atoms with Crippen LogP contribution in [-0.2, 0) is 4.74 Å². The highest BCUT2D eigenvalue weighted by molar-refractivity contribution is 5.80. The third-order valence-electron chi connectivity index (χ3n) is 7.16. The fourth-order valence-electron chi connectivity index (χ4n) is 5.58. The van der Waals surface area contributed by atoms with E-state index in [9.17, 15) is 0 Å². The first-order chi connectivity index (χ1) is 14.1. The minimum Gasteiger partial charge on any atom is -0.496 e. The van der Waals surface area contributed by atoms with Crippen molar-refractivity contribution in [3.63, 3.8) is 0 Å². The molecule has 6 nitrogen and oxygen atoms in total. The van der Waals surface area contributed by atoms with E-state index in [0.29, 0.717) is 18.1 Å². The number of methoxy groups -OCH3 is 1. The number of likely N-dealkylation sites (tertiary alicyclic amines) is 1. The number of hydrogen-bond donors (Lipinski definition) is 2. The Hall–Kier alpha value is -1.79. The SMILES string of the molecule is CN=C(NCC(c1ccccc1OC)N1CCCC1)NC1C2CCOC2C1(C)C. The topological polar surface area (TPSA) is 58.1 Å². The van der Waals surface area contributed by atoms with Crippen molar-refractivity contribution in [2.75, 3.05) is 40.4 Å². The van der Waals surface area contributed by atoms with Gasteiger partial charge in [-0.3, -0.25) is 9.89 Å². The lowest BCUT2D eigenvalue weighted by Crippen LogP contribution is -2.68. The van der Waals surface area contributed by atoms with Gasteiger partial charge in [-0.15, -0.1) is 0 Å². The number of ether oxygens (including phenoxy) is 2. The number of benzene rings is 1. The smallest absolute Gasteiger partial charge is 0.191 e. The molecule has 4 atom stereocenters. The van der Waals surface area contributed by atoms with Gasteiger partial charge < -0.3 is 20.1 Å². The molecule has 3 aliphatic rings. The van der Waals surface area contributed by atoms with Gasteiger partial charge in [0.2, 0.25) is 0 Å². The highest BCUT2D eigenvalue weighted by atomic mass is 16.5. The highest BCUT2D eigenvalue weighted by Crippen LogP contribution is 2.52. The van der Waals surface area contributed by atoms with Crippen molar-refractivity contribution in [1.82, 2.24) is 15.5 Å². The number of hydrogen-bond acceptors (Lipinski definition) is 4. The standard InChI is InChI=1S/C23H36N4O2/c1-23(2)20(17-11-14-29-21(17)23)26-22(24-3)25-15-18(27-12-7-8-13-27)16-9-5-6-10-19(16)28-4/h5-6,9-10,17-18,20-21H,7-8,11-15H2,1-4H3,(H2,24,25,26). The molecule has 4 rings (SSSR count). The van der Waals surface area contributed by atoms with E-state index >= 15 is 0 Å². The van der Waals surface area contributed by atoms with Gasteiger partial charge in [-0.2, -0.15) is 0 Å². The summed E-state index contributed by atoms with van der Waals surface area (Å²) >= 11 is 0. The van der Waals surface area contributed by atoms with Crippen LogP contribution in [0.25, 0.3) is 0 Å². The molecule has 0 bridgehead atoms. The first kappa shape index (κ1) is 20.5. The summed E-state index contributed by atoms with van der Waals surface area (Å²) in [5.41, 5.74) is 1.38. The zero-order valence-electron chi connectivity index (χ0n) is 18.3. The number of rotatable bonds is 6. The van der Waals surface area contributed by atoms with Crippen molar-refractivity contribution < 1.29 is 9.47 Å². The summed E-state index contributed by atoms with van der Waals surface area (Å²) in [4.78, 5) is 7.09. The van der Waals surface area contributed by atoms with Gasteiger partial charge in [-0.1, -0.05) is 32.0 Å². The maximum Gasteiger partial charge on any atom is 0.191 e. The van der Waals surface area contributed by atoms with Crippen LogP contribution in [0, 0.1) is 11.3 Å². The van der Waals surface area contributed by atoms with Crippen LogP contribution in [0.1, 0.15) is 44.7 Å². The van der Waals surface area contributed by atoms with Gasteiger partial charge in [0.15, 0.2) is 5.96 Å². The minimum absolute atomic E-state index is 0.135. The Morgan fingerprint density at radius 2 is 2.07 bits per heavy atom. The van der Waals surface area contributed by atoms with Gasteiger partial charge in [-0.25, -0.2) is 0 Å². The Balaban J connectivity index is 1.45. The largest absolute Gasteiger partial charge is 0.496 e. The Morgan fingerprint density at radius 3 is 2.79 bits per heavy atom. The van der Waals surface area contributed by atoms with E-state index in [2.05, 4.69) is 52.6 Å². The molecular formula is C23H36N4O2. The monoisotopic (exact) mass is 400 g/mol. The second-order valence-electron chi connectivity index (χ2n) is 9.14. The molecule has 1 aromatic carbocycles. The molecule has 1 aliphatic carbocycles. The van der Waals surface area contributed by atoms with Crippen LogP contribution >= 0.6 is 0 Å². The summed E-state index contributed by atoms with van der Waals surface area (Å²) in [5, 5.41) is 7.31. The van der Waals surface area contributed by atoms with Gasteiger partial charge >= 0.3 is 0 Å². The number of nitrogens with one attached hydrogen (secondary N) is 2. The molecule has 0 spiro atoms. The predicted molar refractivity (Wildman–Crippen MR) is 116 cm³/mol. The Morgan fingerprint density at radius 1 is 1.31 bits per heavy atom. The third-order valence-corrected chi connectivity index (χ3v) is 7.16. The first-order valence-electron chi connectivity index (χ1n) is 11.0. The van der Waals surface area contributed by atoms with E-state index in [4.69, 9.17) is 9.47 Å². The van der Waals surface area contributed by atoms with Crippen LogP contribution in [0.5, 0.6) is 5.75 Å². The zero-order valence-corrected chi connectivity index (χ0v) is 18.3. The Bertz CT molecular complexity index is 729. The van der Waals surface area contributed by atoms with Crippen molar-refractivity contribution in [1.29, 1.82) is 0 Å². The number of nitrogens with zero attached hydrogens (tertiary/aromatic N) is 2. The summed E-state index contributed by atoms with van der Waals surface area (Å²) in [5.74, 6) is 2.43. The zero-order chi connectivity index (χ0) is 20.4. The molecule has 2 N–H and O–H groups in total. The molecule has 3 fully saturated rings. The van der Waals surface area contributed by atoms with E-state index in [1.54, 1.807) is 7.11 Å². The lowest BCUT2D eigenvalue weighted by molar-refractivity contribution is -0.106. The number of fused-ring (bicyclic) bond motifs is 1. The molecule has 0 amide bonds. The van der Waals surface area contributed by atoms with Crippen LogP contribution in [0.3, 0.4) is 0 Å². The number of guanidine groups is 1. The highest BCUT2D eigenvalue weighted by Gasteiger charge is 2.59. The lowest BCUT2D eigenvalue weighted by Gasteiger charge is -2.55. The first-order valence-corrected chi connectivity index (χ1v) is 11.0. The van der Waals surface area contributed by atoms with Crippen molar-refractivity contribution in [2.45, 2.75) is 51.3 Å². The van der Waals surface area contributed by atoms with Crippen molar-refractivity contribution >= 4 is 5.96 Å². The van der Waals surface area contributed by atoms with Gasteiger partial charge in [0.1, 0.15) is 5.75 Å². The maximum absolute atomic E-state index is 5.94. The molecule has 4 unspecified atom stereocenters.